The van der Waals surface area contributed by atoms with Crippen molar-refractivity contribution in [2.45, 2.75) is 25.4 Å². The Bertz CT molecular complexity index is 672. The van der Waals surface area contributed by atoms with Crippen LogP contribution in [0.1, 0.15) is 29.6 Å². The highest BCUT2D eigenvalue weighted by molar-refractivity contribution is 5.98. The van der Waals surface area contributed by atoms with Gasteiger partial charge >= 0.3 is 0 Å². The van der Waals surface area contributed by atoms with Gasteiger partial charge in [-0.15, -0.1) is 0 Å². The van der Waals surface area contributed by atoms with Gasteiger partial charge in [-0.2, -0.15) is 0 Å². The molecule has 0 radical (unpaired) electrons. The van der Waals surface area contributed by atoms with Crippen molar-refractivity contribution in [2.75, 3.05) is 40.3 Å². The lowest BCUT2D eigenvalue weighted by atomic mass is 10.1. The Kier molecular flexibility index (Phi) is 5.53. The van der Waals surface area contributed by atoms with Crippen LogP contribution in [0.3, 0.4) is 0 Å². The molecule has 1 aliphatic heterocycles. The lowest BCUT2D eigenvalue weighted by Gasteiger charge is -2.32. The largest absolute Gasteiger partial charge is 0.378 e. The van der Waals surface area contributed by atoms with Crippen LogP contribution in [0.25, 0.3) is 10.9 Å². The summed E-state index contributed by atoms with van der Waals surface area (Å²) in [6, 6.07) is 7.85. The summed E-state index contributed by atoms with van der Waals surface area (Å²) in [5, 5.41) is 1.08. The molecule has 2 aromatic rings. The molecule has 0 bridgehead atoms. The zero-order chi connectivity index (χ0) is 16.9. The van der Waals surface area contributed by atoms with E-state index in [0.717, 1.165) is 62.0 Å². The number of hydrogen-bond acceptors (Lipinski definition) is 3. The Morgan fingerprint density at radius 1 is 1.29 bits per heavy atom. The van der Waals surface area contributed by atoms with Crippen LogP contribution in [0, 0.1) is 0 Å². The average Bonchev–Trinajstić information content (AvgIpc) is 3.06. The van der Waals surface area contributed by atoms with E-state index < -0.39 is 0 Å². The number of nitrogens with zero attached hydrogens (tertiary/aromatic N) is 2. The molecule has 0 unspecified atom stereocenters. The molecule has 0 saturated carbocycles. The Morgan fingerprint density at radius 3 is 2.83 bits per heavy atom. The van der Waals surface area contributed by atoms with Crippen molar-refractivity contribution in [1.29, 1.82) is 0 Å². The Hall–Kier alpha value is -1.85. The molecule has 5 heteroatoms. The first kappa shape index (κ1) is 17.0. The van der Waals surface area contributed by atoms with Crippen molar-refractivity contribution < 1.29 is 9.53 Å². The molecule has 1 aromatic carbocycles. The Balaban J connectivity index is 1.48. The molecule has 3 rings (SSSR count). The molecule has 5 nitrogen and oxygen atoms in total. The normalized spacial score (nSPS) is 16.2. The van der Waals surface area contributed by atoms with Gasteiger partial charge in [0.1, 0.15) is 0 Å². The van der Waals surface area contributed by atoms with Gasteiger partial charge in [-0.3, -0.25) is 4.79 Å². The van der Waals surface area contributed by atoms with Crippen LogP contribution in [0.2, 0.25) is 0 Å². The predicted octanol–water partition coefficient (Wildman–Crippen LogP) is 2.74. The highest BCUT2D eigenvalue weighted by atomic mass is 16.5. The molecule has 2 heterocycles. The first-order chi connectivity index (χ1) is 11.6. The van der Waals surface area contributed by atoms with E-state index in [2.05, 4.69) is 24.0 Å². The summed E-state index contributed by atoms with van der Waals surface area (Å²) in [7, 11) is 4.16. The predicted molar refractivity (Wildman–Crippen MR) is 96.3 cm³/mol. The maximum absolute atomic E-state index is 12.7. The van der Waals surface area contributed by atoms with Crippen LogP contribution in [-0.4, -0.2) is 67.1 Å². The number of fused-ring (bicyclic) bond motifs is 1. The highest BCUT2D eigenvalue weighted by Crippen LogP contribution is 2.19. The summed E-state index contributed by atoms with van der Waals surface area (Å²) in [4.78, 5) is 20.0. The fourth-order valence-electron chi connectivity index (χ4n) is 3.23. The Labute approximate surface area is 143 Å². The van der Waals surface area contributed by atoms with Gasteiger partial charge in [0.2, 0.25) is 0 Å². The molecule has 1 N–H and O–H groups in total. The van der Waals surface area contributed by atoms with E-state index in [9.17, 15) is 4.79 Å². The van der Waals surface area contributed by atoms with Gasteiger partial charge in [-0.25, -0.2) is 0 Å². The van der Waals surface area contributed by atoms with Gasteiger partial charge in [0, 0.05) is 42.4 Å². The number of carbonyl (C=O) groups excluding carboxylic acids is 1. The molecule has 24 heavy (non-hydrogen) atoms. The number of amides is 1. The number of piperidine rings is 1. The van der Waals surface area contributed by atoms with Gasteiger partial charge in [0.05, 0.1) is 6.10 Å². The van der Waals surface area contributed by atoms with Gasteiger partial charge < -0.3 is 19.5 Å². The number of benzene rings is 1. The summed E-state index contributed by atoms with van der Waals surface area (Å²) in [5.74, 6) is 0.129. The third-order valence-electron chi connectivity index (χ3n) is 4.63. The number of nitrogens with one attached hydrogen (secondary N) is 1. The first-order valence-corrected chi connectivity index (χ1v) is 8.76. The fourth-order valence-corrected chi connectivity index (χ4v) is 3.23. The van der Waals surface area contributed by atoms with Crippen LogP contribution >= 0.6 is 0 Å². The van der Waals surface area contributed by atoms with Crippen molar-refractivity contribution in [2.24, 2.45) is 0 Å². The van der Waals surface area contributed by atoms with Gasteiger partial charge in [0.15, 0.2) is 0 Å². The van der Waals surface area contributed by atoms with Gasteiger partial charge in [-0.1, -0.05) is 0 Å². The van der Waals surface area contributed by atoms with Crippen molar-refractivity contribution in [3.8, 4) is 0 Å². The van der Waals surface area contributed by atoms with Crippen LogP contribution in [0.4, 0.5) is 0 Å². The zero-order valence-electron chi connectivity index (χ0n) is 14.6. The number of carbonyl (C=O) groups is 1. The van der Waals surface area contributed by atoms with Crippen LogP contribution in [-0.2, 0) is 4.74 Å². The Morgan fingerprint density at radius 2 is 2.08 bits per heavy atom. The molecular formula is C19H27N3O2. The van der Waals surface area contributed by atoms with Crippen molar-refractivity contribution >= 4 is 16.8 Å². The molecule has 1 aliphatic rings. The van der Waals surface area contributed by atoms with Crippen molar-refractivity contribution in [3.63, 3.8) is 0 Å². The lowest BCUT2D eigenvalue weighted by Crippen LogP contribution is -2.41. The fraction of sp³-hybridized carbons (Fsp3) is 0.526. The number of hydrogen-bond donors (Lipinski definition) is 1. The van der Waals surface area contributed by atoms with Crippen LogP contribution in [0.15, 0.2) is 30.5 Å². The van der Waals surface area contributed by atoms with Crippen LogP contribution in [0.5, 0.6) is 0 Å². The van der Waals surface area contributed by atoms with Crippen molar-refractivity contribution in [3.05, 3.63) is 36.0 Å². The minimum atomic E-state index is 0.129. The smallest absolute Gasteiger partial charge is 0.253 e. The van der Waals surface area contributed by atoms with E-state index >= 15 is 0 Å². The number of aromatic amines is 1. The third-order valence-corrected chi connectivity index (χ3v) is 4.63. The van der Waals surface area contributed by atoms with E-state index in [1.165, 1.54) is 0 Å². The molecule has 0 aliphatic carbocycles. The maximum Gasteiger partial charge on any atom is 0.253 e. The molecule has 1 aromatic heterocycles. The van der Waals surface area contributed by atoms with Gasteiger partial charge in [-0.05, 0) is 64.2 Å². The molecule has 130 valence electrons. The second-order valence-electron chi connectivity index (χ2n) is 6.80. The SMILES string of the molecule is CN(C)CCCOC1CCN(C(=O)c2ccc3[nH]ccc3c2)CC1. The van der Waals surface area contributed by atoms with Crippen LogP contribution < -0.4 is 0 Å². The van der Waals surface area contributed by atoms with E-state index in [1.807, 2.05) is 35.4 Å². The summed E-state index contributed by atoms with van der Waals surface area (Å²) in [5.41, 5.74) is 1.84. The second-order valence-corrected chi connectivity index (χ2v) is 6.80. The quantitative estimate of drug-likeness (QED) is 0.829. The standard InChI is InChI=1S/C19H27N3O2/c1-21(2)10-3-13-24-17-7-11-22(12-8-17)19(23)16-4-5-18-15(14-16)6-9-20-18/h4-6,9,14,17,20H,3,7-8,10-13H2,1-2H3. The van der Waals surface area contributed by atoms with Gasteiger partial charge in [0.25, 0.3) is 5.91 Å². The summed E-state index contributed by atoms with van der Waals surface area (Å²) in [6.07, 6.45) is 5.12. The third kappa shape index (κ3) is 4.16. The van der Waals surface area contributed by atoms with E-state index in [1.54, 1.807) is 0 Å². The maximum atomic E-state index is 12.7. The molecule has 0 spiro atoms. The first-order valence-electron chi connectivity index (χ1n) is 8.76. The summed E-state index contributed by atoms with van der Waals surface area (Å²) < 4.78 is 5.95. The molecule has 0 atom stereocenters. The number of likely N-dealkylation sites (tertiary alicyclic amines) is 1. The minimum absolute atomic E-state index is 0.129. The van der Waals surface area contributed by atoms with E-state index in [4.69, 9.17) is 4.74 Å². The topological polar surface area (TPSA) is 48.6 Å². The summed E-state index contributed by atoms with van der Waals surface area (Å²) in [6.45, 7) is 3.42. The number of H-pyrrole nitrogens is 1. The molecule has 1 fully saturated rings. The molecule has 1 amide bonds. The lowest BCUT2D eigenvalue weighted by molar-refractivity contribution is 0.00634. The van der Waals surface area contributed by atoms with E-state index in [0.29, 0.717) is 6.10 Å². The van der Waals surface area contributed by atoms with E-state index in [-0.39, 0.29) is 5.91 Å². The second kappa shape index (κ2) is 7.81. The monoisotopic (exact) mass is 329 g/mol. The zero-order valence-corrected chi connectivity index (χ0v) is 14.6. The van der Waals surface area contributed by atoms with Crippen molar-refractivity contribution in [1.82, 2.24) is 14.8 Å². The number of ether oxygens (including phenoxy) is 1. The molecular weight excluding hydrogens is 302 g/mol. The average molecular weight is 329 g/mol. The number of rotatable bonds is 6. The molecule has 1 saturated heterocycles. The minimum Gasteiger partial charge on any atom is -0.378 e. The number of aromatic nitrogens is 1. The highest BCUT2D eigenvalue weighted by Gasteiger charge is 2.24. The summed E-state index contributed by atoms with van der Waals surface area (Å²) >= 11 is 0.